The molecular weight excluding hydrogens is 218 g/mol. The maximum Gasteiger partial charge on any atom is 0.128 e. The normalized spacial score (nSPS) is 10.5. The van der Waals surface area contributed by atoms with E-state index in [1.807, 2.05) is 24.4 Å². The first-order chi connectivity index (χ1) is 5.83. The van der Waals surface area contributed by atoms with E-state index in [-0.39, 0.29) is 0 Å². The number of fused-ring (bicyclic) bond motifs is 1. The first kappa shape index (κ1) is 7.68. The summed E-state index contributed by atoms with van der Waals surface area (Å²) in [5.41, 5.74) is 1.08. The Morgan fingerprint density at radius 2 is 2.17 bits per heavy atom. The highest BCUT2D eigenvalue weighted by Crippen LogP contribution is 2.30. The number of nitrogens with one attached hydrogen (secondary N) is 1. The summed E-state index contributed by atoms with van der Waals surface area (Å²) in [6.07, 6.45) is 1.90. The van der Waals surface area contributed by atoms with Gasteiger partial charge < -0.3 is 9.72 Å². The third kappa shape index (κ3) is 1.01. The van der Waals surface area contributed by atoms with Crippen molar-refractivity contribution in [3.05, 3.63) is 28.9 Å². The molecule has 0 fully saturated rings. The van der Waals surface area contributed by atoms with Crippen molar-refractivity contribution in [2.24, 2.45) is 0 Å². The lowest BCUT2D eigenvalue weighted by Gasteiger charge is -2.01. The molecule has 2 nitrogen and oxygen atoms in total. The highest BCUT2D eigenvalue weighted by atomic mass is 79.9. The molecule has 0 aliphatic rings. The molecule has 0 aliphatic heterocycles. The van der Waals surface area contributed by atoms with Gasteiger partial charge in [0.2, 0.25) is 0 Å². The van der Waals surface area contributed by atoms with E-state index in [0.717, 1.165) is 21.1 Å². The molecule has 1 heterocycles. The molecule has 2 rings (SSSR count). The van der Waals surface area contributed by atoms with Gasteiger partial charge in [0.15, 0.2) is 0 Å². The van der Waals surface area contributed by atoms with E-state index in [2.05, 4.69) is 20.9 Å². The van der Waals surface area contributed by atoms with Crippen LogP contribution in [-0.2, 0) is 0 Å². The highest BCUT2D eigenvalue weighted by Gasteiger charge is 2.04. The predicted octanol–water partition coefficient (Wildman–Crippen LogP) is 2.94. The molecule has 62 valence electrons. The number of aromatic nitrogens is 1. The van der Waals surface area contributed by atoms with Gasteiger partial charge in [-0.25, -0.2) is 0 Å². The topological polar surface area (TPSA) is 25.0 Å². The van der Waals surface area contributed by atoms with E-state index in [0.29, 0.717) is 0 Å². The molecule has 0 saturated carbocycles. The lowest BCUT2D eigenvalue weighted by atomic mass is 10.2. The maximum absolute atomic E-state index is 5.20. The lowest BCUT2D eigenvalue weighted by Crippen LogP contribution is -1.82. The van der Waals surface area contributed by atoms with Crippen LogP contribution in [0, 0.1) is 0 Å². The molecule has 0 aliphatic carbocycles. The van der Waals surface area contributed by atoms with Crippen molar-refractivity contribution in [2.75, 3.05) is 7.11 Å². The molecule has 0 amide bonds. The van der Waals surface area contributed by atoms with Gasteiger partial charge in [-0.15, -0.1) is 0 Å². The van der Waals surface area contributed by atoms with Crippen LogP contribution in [0.2, 0.25) is 0 Å². The lowest BCUT2D eigenvalue weighted by molar-refractivity contribution is 0.420. The fourth-order valence-corrected chi connectivity index (χ4v) is 1.73. The zero-order chi connectivity index (χ0) is 8.55. The Morgan fingerprint density at radius 3 is 2.92 bits per heavy atom. The molecular formula is C9H8BrNO. The van der Waals surface area contributed by atoms with Gasteiger partial charge in [-0.1, -0.05) is 0 Å². The first-order valence-corrected chi connectivity index (χ1v) is 4.42. The quantitative estimate of drug-likeness (QED) is 0.794. The smallest absolute Gasteiger partial charge is 0.128 e. The van der Waals surface area contributed by atoms with Crippen LogP contribution in [0.25, 0.3) is 10.9 Å². The van der Waals surface area contributed by atoms with Crippen molar-refractivity contribution in [1.82, 2.24) is 4.98 Å². The summed E-state index contributed by atoms with van der Waals surface area (Å²) in [5, 5.41) is 1.10. The number of rotatable bonds is 1. The summed E-state index contributed by atoms with van der Waals surface area (Å²) >= 11 is 3.45. The molecule has 1 aromatic heterocycles. The van der Waals surface area contributed by atoms with Gasteiger partial charge in [0.25, 0.3) is 0 Å². The predicted molar refractivity (Wildman–Crippen MR) is 52.6 cm³/mol. The average molecular weight is 226 g/mol. The molecule has 0 unspecified atom stereocenters. The van der Waals surface area contributed by atoms with Crippen LogP contribution in [0.1, 0.15) is 0 Å². The molecule has 12 heavy (non-hydrogen) atoms. The number of aromatic amines is 1. The number of ether oxygens (including phenoxy) is 1. The van der Waals surface area contributed by atoms with E-state index in [1.54, 1.807) is 7.11 Å². The van der Waals surface area contributed by atoms with Crippen molar-refractivity contribution in [2.45, 2.75) is 0 Å². The monoisotopic (exact) mass is 225 g/mol. The first-order valence-electron chi connectivity index (χ1n) is 3.62. The number of hydrogen-bond donors (Lipinski definition) is 1. The largest absolute Gasteiger partial charge is 0.496 e. The maximum atomic E-state index is 5.20. The number of hydrogen-bond acceptors (Lipinski definition) is 1. The Morgan fingerprint density at radius 1 is 1.33 bits per heavy atom. The third-order valence-corrected chi connectivity index (χ3v) is 2.51. The van der Waals surface area contributed by atoms with Gasteiger partial charge in [-0.05, 0) is 34.1 Å². The summed E-state index contributed by atoms with van der Waals surface area (Å²) < 4.78 is 6.26. The van der Waals surface area contributed by atoms with Crippen LogP contribution in [0.5, 0.6) is 5.75 Å². The van der Waals surface area contributed by atoms with Gasteiger partial charge >= 0.3 is 0 Å². The second-order valence-electron chi connectivity index (χ2n) is 2.52. The van der Waals surface area contributed by atoms with Crippen molar-refractivity contribution >= 4 is 26.8 Å². The fourth-order valence-electron chi connectivity index (χ4n) is 1.27. The Balaban J connectivity index is 2.82. The minimum Gasteiger partial charge on any atom is -0.496 e. The van der Waals surface area contributed by atoms with Gasteiger partial charge in [-0.2, -0.15) is 0 Å². The van der Waals surface area contributed by atoms with E-state index < -0.39 is 0 Å². The SMILES string of the molecule is COc1ccc(Br)c2[nH]ccc12. The molecule has 0 saturated heterocycles. The molecule has 0 radical (unpaired) electrons. The molecule has 0 atom stereocenters. The van der Waals surface area contributed by atoms with Crippen LogP contribution < -0.4 is 4.74 Å². The van der Waals surface area contributed by atoms with Crippen molar-refractivity contribution in [1.29, 1.82) is 0 Å². The molecule has 0 spiro atoms. The number of benzene rings is 1. The number of methoxy groups -OCH3 is 1. The summed E-state index contributed by atoms with van der Waals surface area (Å²) in [6.45, 7) is 0. The molecule has 1 aromatic carbocycles. The van der Waals surface area contributed by atoms with Gasteiger partial charge in [-0.3, -0.25) is 0 Å². The van der Waals surface area contributed by atoms with Crippen molar-refractivity contribution in [3.8, 4) is 5.75 Å². The zero-order valence-corrected chi connectivity index (χ0v) is 8.18. The molecule has 2 aromatic rings. The number of H-pyrrole nitrogens is 1. The van der Waals surface area contributed by atoms with Gasteiger partial charge in [0.1, 0.15) is 5.75 Å². The fraction of sp³-hybridized carbons (Fsp3) is 0.111. The Kier molecular flexibility index (Phi) is 1.81. The highest BCUT2D eigenvalue weighted by molar-refractivity contribution is 9.10. The van der Waals surface area contributed by atoms with Crippen LogP contribution in [-0.4, -0.2) is 12.1 Å². The van der Waals surface area contributed by atoms with E-state index in [4.69, 9.17) is 4.74 Å². The minimum atomic E-state index is 0.898. The Labute approximate surface area is 78.7 Å². The minimum absolute atomic E-state index is 0.898. The van der Waals surface area contributed by atoms with E-state index in [9.17, 15) is 0 Å². The second-order valence-corrected chi connectivity index (χ2v) is 3.37. The van der Waals surface area contributed by atoms with E-state index >= 15 is 0 Å². The van der Waals surface area contributed by atoms with Crippen LogP contribution in [0.4, 0.5) is 0 Å². The summed E-state index contributed by atoms with van der Waals surface area (Å²) in [7, 11) is 1.68. The summed E-state index contributed by atoms with van der Waals surface area (Å²) in [4.78, 5) is 3.14. The Bertz CT molecular complexity index is 408. The van der Waals surface area contributed by atoms with Gasteiger partial charge in [0, 0.05) is 16.1 Å². The van der Waals surface area contributed by atoms with Crippen LogP contribution in [0.15, 0.2) is 28.9 Å². The second kappa shape index (κ2) is 2.83. The standard InChI is InChI=1S/C9H8BrNO/c1-12-8-3-2-7(10)9-6(8)4-5-11-9/h2-5,11H,1H3. The zero-order valence-electron chi connectivity index (χ0n) is 6.60. The Hall–Kier alpha value is -0.960. The average Bonchev–Trinajstić information content (AvgIpc) is 2.54. The van der Waals surface area contributed by atoms with Crippen molar-refractivity contribution < 1.29 is 4.74 Å². The summed E-state index contributed by atoms with van der Waals surface area (Å²) in [6, 6.07) is 5.91. The summed E-state index contributed by atoms with van der Waals surface area (Å²) in [5.74, 6) is 0.898. The molecule has 0 bridgehead atoms. The third-order valence-electron chi connectivity index (χ3n) is 1.85. The van der Waals surface area contributed by atoms with Crippen LogP contribution >= 0.6 is 15.9 Å². The van der Waals surface area contributed by atoms with Crippen LogP contribution in [0.3, 0.4) is 0 Å². The molecule has 1 N–H and O–H groups in total. The number of halogens is 1. The van der Waals surface area contributed by atoms with E-state index in [1.165, 1.54) is 0 Å². The van der Waals surface area contributed by atoms with Gasteiger partial charge in [0.05, 0.1) is 12.6 Å². The van der Waals surface area contributed by atoms with Crippen molar-refractivity contribution in [3.63, 3.8) is 0 Å². The molecule has 3 heteroatoms.